The number of carbonyl (C=O) groups excluding carboxylic acids is 1. The smallest absolute Gasteiger partial charge is 0.334 e. The monoisotopic (exact) mass is 593 g/mol. The van der Waals surface area contributed by atoms with Gasteiger partial charge in [-0.25, -0.2) is 4.79 Å². The maximum Gasteiger partial charge on any atom is 0.334 e. The molecule has 176 valence electrons. The van der Waals surface area contributed by atoms with E-state index in [4.69, 9.17) is 4.74 Å². The fourth-order valence-corrected chi connectivity index (χ4v) is 5.91. The Kier molecular flexibility index (Phi) is 6.94. The second-order valence-corrected chi connectivity index (χ2v) is 9.74. The second-order valence-electron chi connectivity index (χ2n) is 7.79. The van der Waals surface area contributed by atoms with Crippen LogP contribution in [0.25, 0.3) is 0 Å². The SMILES string of the molecule is C=C(CI)C(Cc1ccc([N+](=O)[O-])cc1)(C(=O)O)N1C(=O)C2N=C(COc3ccccc3)SC21. The maximum absolute atomic E-state index is 13.1. The first-order chi connectivity index (χ1) is 16.3. The Bertz CT molecular complexity index is 1170. The zero-order chi connectivity index (χ0) is 24.5. The Labute approximate surface area is 213 Å². The molecule has 3 atom stereocenters. The predicted octanol–water partition coefficient (Wildman–Crippen LogP) is 3.71. The number of halogens is 1. The minimum absolute atomic E-state index is 0.0620. The summed E-state index contributed by atoms with van der Waals surface area (Å²) >= 11 is 3.34. The minimum Gasteiger partial charge on any atom is -0.487 e. The number of nitro benzene ring substituents is 1. The molecule has 11 heteroatoms. The third-order valence-corrected chi connectivity index (χ3v) is 7.90. The van der Waals surface area contributed by atoms with E-state index in [1.165, 1.54) is 40.9 Å². The van der Waals surface area contributed by atoms with Gasteiger partial charge in [0.05, 0.1) is 4.92 Å². The fraction of sp³-hybridized carbons (Fsp3) is 0.261. The molecule has 2 aliphatic rings. The van der Waals surface area contributed by atoms with Crippen molar-refractivity contribution >= 4 is 57.0 Å². The molecule has 4 rings (SSSR count). The number of benzene rings is 2. The van der Waals surface area contributed by atoms with Gasteiger partial charge in [0, 0.05) is 23.0 Å². The number of para-hydroxylation sites is 1. The van der Waals surface area contributed by atoms with E-state index >= 15 is 0 Å². The van der Waals surface area contributed by atoms with Gasteiger partial charge in [-0.1, -0.05) is 71.3 Å². The topological polar surface area (TPSA) is 122 Å². The van der Waals surface area contributed by atoms with Crippen LogP contribution in [0.3, 0.4) is 0 Å². The molecule has 1 N–H and O–H groups in total. The molecule has 2 aromatic carbocycles. The van der Waals surface area contributed by atoms with Crippen molar-refractivity contribution in [3.05, 3.63) is 82.4 Å². The predicted molar refractivity (Wildman–Crippen MR) is 137 cm³/mol. The highest BCUT2D eigenvalue weighted by molar-refractivity contribution is 14.1. The summed E-state index contributed by atoms with van der Waals surface area (Å²) in [5.74, 6) is -0.916. The van der Waals surface area contributed by atoms with Crippen molar-refractivity contribution in [1.82, 2.24) is 4.90 Å². The molecule has 2 heterocycles. The molecular weight excluding hydrogens is 573 g/mol. The van der Waals surface area contributed by atoms with Crippen LogP contribution in [0.5, 0.6) is 5.75 Å². The van der Waals surface area contributed by atoms with E-state index in [2.05, 4.69) is 11.6 Å². The van der Waals surface area contributed by atoms with Crippen molar-refractivity contribution < 1.29 is 24.4 Å². The summed E-state index contributed by atoms with van der Waals surface area (Å²) in [6.07, 6.45) is -0.0620. The molecule has 34 heavy (non-hydrogen) atoms. The summed E-state index contributed by atoms with van der Waals surface area (Å²) in [4.78, 5) is 42.1. The quantitative estimate of drug-likeness (QED) is 0.111. The molecule has 1 saturated heterocycles. The lowest BCUT2D eigenvalue weighted by Gasteiger charge is -2.52. The Morgan fingerprint density at radius 2 is 1.94 bits per heavy atom. The number of ether oxygens (including phenoxy) is 1. The van der Waals surface area contributed by atoms with E-state index in [1.807, 2.05) is 52.9 Å². The van der Waals surface area contributed by atoms with Crippen molar-refractivity contribution in [2.24, 2.45) is 4.99 Å². The van der Waals surface area contributed by atoms with Gasteiger partial charge >= 0.3 is 5.97 Å². The van der Waals surface area contributed by atoms with Gasteiger partial charge in [0.2, 0.25) is 0 Å². The van der Waals surface area contributed by atoms with E-state index in [0.717, 1.165) is 0 Å². The highest BCUT2D eigenvalue weighted by Crippen LogP contribution is 2.47. The maximum atomic E-state index is 13.1. The first-order valence-corrected chi connectivity index (χ1v) is 12.6. The summed E-state index contributed by atoms with van der Waals surface area (Å²) in [7, 11) is 0. The number of aliphatic carboxylic acids is 1. The summed E-state index contributed by atoms with van der Waals surface area (Å²) in [5.41, 5.74) is -0.888. The number of rotatable bonds is 10. The molecule has 0 aromatic heterocycles. The van der Waals surface area contributed by atoms with E-state index in [0.29, 0.717) is 26.4 Å². The molecule has 2 aromatic rings. The van der Waals surface area contributed by atoms with Gasteiger partial charge in [0.25, 0.3) is 11.6 Å². The number of alkyl halides is 1. The summed E-state index contributed by atoms with van der Waals surface area (Å²) < 4.78 is 6.05. The van der Waals surface area contributed by atoms with Gasteiger partial charge in [0.1, 0.15) is 22.8 Å². The number of carbonyl (C=O) groups is 2. The lowest BCUT2D eigenvalue weighted by Crippen LogP contribution is -2.73. The molecule has 0 spiro atoms. The van der Waals surface area contributed by atoms with Crippen LogP contribution in [0.15, 0.2) is 71.7 Å². The Hall–Kier alpha value is -2.93. The zero-order valence-electron chi connectivity index (χ0n) is 17.8. The molecule has 1 fully saturated rings. The van der Waals surface area contributed by atoms with Gasteiger partial charge in [-0.15, -0.1) is 0 Å². The number of aliphatic imine (C=N–C) groups is 1. The molecule has 1 amide bonds. The van der Waals surface area contributed by atoms with Crippen molar-refractivity contribution in [3.8, 4) is 5.75 Å². The number of thioether (sulfide) groups is 1. The highest BCUT2D eigenvalue weighted by Gasteiger charge is 2.63. The number of hydrogen-bond acceptors (Lipinski definition) is 7. The second kappa shape index (κ2) is 9.74. The van der Waals surface area contributed by atoms with Gasteiger partial charge in [-0.05, 0) is 23.3 Å². The fourth-order valence-electron chi connectivity index (χ4n) is 4.00. The van der Waals surface area contributed by atoms with Crippen LogP contribution in [-0.4, -0.2) is 59.8 Å². The Balaban J connectivity index is 1.58. The average Bonchev–Trinajstić information content (AvgIpc) is 3.21. The molecule has 3 unspecified atom stereocenters. The molecule has 2 aliphatic heterocycles. The van der Waals surface area contributed by atoms with Crippen molar-refractivity contribution in [3.63, 3.8) is 0 Å². The van der Waals surface area contributed by atoms with Crippen molar-refractivity contribution in [2.45, 2.75) is 23.4 Å². The largest absolute Gasteiger partial charge is 0.487 e. The van der Waals surface area contributed by atoms with Gasteiger partial charge in [0.15, 0.2) is 11.6 Å². The van der Waals surface area contributed by atoms with Gasteiger partial charge in [-0.3, -0.25) is 19.9 Å². The normalized spacial score (nSPS) is 20.6. The summed E-state index contributed by atoms with van der Waals surface area (Å²) in [6, 6.07) is 14.2. The van der Waals surface area contributed by atoms with Gasteiger partial charge in [-0.2, -0.15) is 0 Å². The molecule has 0 bridgehead atoms. The first kappa shape index (κ1) is 24.2. The van der Waals surface area contributed by atoms with Crippen LogP contribution < -0.4 is 4.74 Å². The van der Waals surface area contributed by atoms with E-state index in [-0.39, 0.29) is 24.6 Å². The molecule has 9 nitrogen and oxygen atoms in total. The number of nitro groups is 1. The zero-order valence-corrected chi connectivity index (χ0v) is 20.8. The third kappa shape index (κ3) is 4.29. The van der Waals surface area contributed by atoms with Crippen molar-refractivity contribution in [1.29, 1.82) is 0 Å². The molecule has 0 radical (unpaired) electrons. The van der Waals surface area contributed by atoms with Crippen LogP contribution in [0.1, 0.15) is 5.56 Å². The number of fused-ring (bicyclic) bond motifs is 1. The average molecular weight is 593 g/mol. The summed E-state index contributed by atoms with van der Waals surface area (Å²) in [5, 5.41) is 21.5. The number of non-ortho nitro benzene ring substituents is 1. The van der Waals surface area contributed by atoms with Crippen molar-refractivity contribution in [2.75, 3.05) is 11.0 Å². The summed E-state index contributed by atoms with van der Waals surface area (Å²) in [6.45, 7) is 4.17. The van der Waals surface area contributed by atoms with Crippen LogP contribution in [0, 0.1) is 10.1 Å². The Morgan fingerprint density at radius 1 is 1.26 bits per heavy atom. The number of carboxylic acid groups (broad SMARTS) is 1. The van der Waals surface area contributed by atoms with Gasteiger partial charge < -0.3 is 14.7 Å². The van der Waals surface area contributed by atoms with Crippen LogP contribution in [0.4, 0.5) is 5.69 Å². The number of β-lactam (4-membered cyclic amide) rings is 1. The third-order valence-electron chi connectivity index (χ3n) is 5.78. The van der Waals surface area contributed by atoms with E-state index in [1.54, 1.807) is 0 Å². The number of hydrogen-bond donors (Lipinski definition) is 1. The molecule has 0 aliphatic carbocycles. The highest BCUT2D eigenvalue weighted by atomic mass is 127. The molecular formula is C23H20IN3O6S. The standard InChI is InChI=1S/C23H20IN3O6S/c1-14(12-24)23(22(29)30,11-15-7-9-16(10-8-15)27(31)32)26-20(28)19-21(26)34-18(25-19)13-33-17-5-3-2-4-6-17/h2-10,19,21H,1,11-13H2,(H,29,30). The van der Waals surface area contributed by atoms with E-state index in [9.17, 15) is 24.8 Å². The first-order valence-electron chi connectivity index (χ1n) is 10.2. The lowest BCUT2D eigenvalue weighted by atomic mass is 9.80. The van der Waals surface area contributed by atoms with E-state index < -0.39 is 27.8 Å². The number of nitrogens with zero attached hydrogens (tertiary/aromatic N) is 3. The Morgan fingerprint density at radius 3 is 2.53 bits per heavy atom. The lowest BCUT2D eigenvalue weighted by molar-refractivity contribution is -0.384. The van der Waals surface area contributed by atoms with Crippen LogP contribution >= 0.6 is 34.4 Å². The number of carboxylic acids is 1. The minimum atomic E-state index is -1.70. The van der Waals surface area contributed by atoms with Crippen LogP contribution in [0.2, 0.25) is 0 Å². The number of likely N-dealkylation sites (tertiary alicyclic amines) is 1. The van der Waals surface area contributed by atoms with Crippen LogP contribution in [-0.2, 0) is 16.0 Å². The molecule has 0 saturated carbocycles. The number of amides is 1.